The minimum absolute atomic E-state index is 0.0788. The SMILES string of the molecule is CCOC(=O)Cc1csc(NC(=O)C2CCN(C(=O)C(C)(C)C)CC2)n1. The molecule has 1 N–H and O–H groups in total. The number of hydrogen-bond donors (Lipinski definition) is 1. The molecule has 0 aliphatic carbocycles. The van der Waals surface area contributed by atoms with Crippen LogP contribution in [0.4, 0.5) is 5.13 Å². The third-order valence-electron chi connectivity index (χ3n) is 4.21. The number of ether oxygens (including phenoxy) is 1. The molecule has 0 bridgehead atoms. The van der Waals surface area contributed by atoms with Crippen molar-refractivity contribution < 1.29 is 19.1 Å². The summed E-state index contributed by atoms with van der Waals surface area (Å²) in [5.74, 6) is -0.409. The normalized spacial score (nSPS) is 15.6. The van der Waals surface area contributed by atoms with Crippen LogP contribution in [0.15, 0.2) is 5.38 Å². The van der Waals surface area contributed by atoms with Crippen LogP contribution < -0.4 is 5.32 Å². The van der Waals surface area contributed by atoms with Gasteiger partial charge >= 0.3 is 5.97 Å². The van der Waals surface area contributed by atoms with E-state index in [1.54, 1.807) is 12.3 Å². The van der Waals surface area contributed by atoms with Crippen LogP contribution in [-0.4, -0.2) is 47.4 Å². The maximum absolute atomic E-state index is 12.4. The Balaban J connectivity index is 1.83. The van der Waals surface area contributed by atoms with E-state index >= 15 is 0 Å². The van der Waals surface area contributed by atoms with Gasteiger partial charge in [-0.2, -0.15) is 0 Å². The van der Waals surface area contributed by atoms with Gasteiger partial charge < -0.3 is 15.0 Å². The summed E-state index contributed by atoms with van der Waals surface area (Å²) in [5.41, 5.74) is 0.194. The molecule has 7 nitrogen and oxygen atoms in total. The van der Waals surface area contributed by atoms with Crippen molar-refractivity contribution >= 4 is 34.3 Å². The maximum atomic E-state index is 12.4. The van der Waals surface area contributed by atoms with Crippen molar-refractivity contribution in [1.29, 1.82) is 0 Å². The van der Waals surface area contributed by atoms with E-state index < -0.39 is 5.41 Å². The number of nitrogens with one attached hydrogen (secondary N) is 1. The molecule has 26 heavy (non-hydrogen) atoms. The third kappa shape index (κ3) is 5.52. The standard InChI is InChI=1S/C18H27N3O4S/c1-5-25-14(22)10-13-11-26-17(19-13)20-15(23)12-6-8-21(9-7-12)16(24)18(2,3)4/h11-12H,5-10H2,1-4H3,(H,19,20,23). The molecule has 1 aromatic rings. The smallest absolute Gasteiger partial charge is 0.311 e. The number of likely N-dealkylation sites (tertiary alicyclic amines) is 1. The number of rotatable bonds is 5. The van der Waals surface area contributed by atoms with Gasteiger partial charge in [0.15, 0.2) is 5.13 Å². The van der Waals surface area contributed by atoms with E-state index in [0.717, 1.165) is 0 Å². The lowest BCUT2D eigenvalue weighted by Crippen LogP contribution is -2.45. The molecule has 0 radical (unpaired) electrons. The van der Waals surface area contributed by atoms with Crippen LogP contribution >= 0.6 is 11.3 Å². The van der Waals surface area contributed by atoms with Crippen LogP contribution in [0.1, 0.15) is 46.2 Å². The molecule has 2 heterocycles. The Labute approximate surface area is 158 Å². The zero-order chi connectivity index (χ0) is 19.3. The van der Waals surface area contributed by atoms with Crippen molar-refractivity contribution in [3.05, 3.63) is 11.1 Å². The number of hydrogen-bond acceptors (Lipinski definition) is 6. The lowest BCUT2D eigenvalue weighted by molar-refractivity contribution is -0.142. The highest BCUT2D eigenvalue weighted by molar-refractivity contribution is 7.13. The van der Waals surface area contributed by atoms with Crippen molar-refractivity contribution in [1.82, 2.24) is 9.88 Å². The minimum atomic E-state index is -0.398. The predicted molar refractivity (Wildman–Crippen MR) is 99.8 cm³/mol. The average Bonchev–Trinajstić information content (AvgIpc) is 3.00. The summed E-state index contributed by atoms with van der Waals surface area (Å²) in [4.78, 5) is 42.3. The molecule has 0 saturated carbocycles. The van der Waals surface area contributed by atoms with E-state index in [4.69, 9.17) is 4.74 Å². The topological polar surface area (TPSA) is 88.6 Å². The van der Waals surface area contributed by atoms with Gasteiger partial charge in [0.05, 0.1) is 18.7 Å². The van der Waals surface area contributed by atoms with Gasteiger partial charge in [-0.15, -0.1) is 11.3 Å². The Hall–Kier alpha value is -1.96. The van der Waals surface area contributed by atoms with Gasteiger partial charge in [-0.3, -0.25) is 14.4 Å². The summed E-state index contributed by atoms with van der Waals surface area (Å²) in [7, 11) is 0. The van der Waals surface area contributed by atoms with E-state index in [9.17, 15) is 14.4 Å². The second kappa shape index (κ2) is 8.62. The summed E-state index contributed by atoms with van der Waals surface area (Å²) >= 11 is 1.30. The van der Waals surface area contributed by atoms with Gasteiger partial charge in [0.1, 0.15) is 0 Å². The fraction of sp³-hybridized carbons (Fsp3) is 0.667. The number of carbonyl (C=O) groups excluding carboxylic acids is 3. The van der Waals surface area contributed by atoms with Crippen LogP contribution in [0.3, 0.4) is 0 Å². The Kier molecular flexibility index (Phi) is 6.75. The lowest BCUT2D eigenvalue weighted by atomic mass is 9.91. The number of aromatic nitrogens is 1. The highest BCUT2D eigenvalue weighted by Gasteiger charge is 2.32. The molecule has 0 atom stereocenters. The maximum Gasteiger partial charge on any atom is 0.311 e. The van der Waals surface area contributed by atoms with Crippen molar-refractivity contribution in [3.63, 3.8) is 0 Å². The Morgan fingerprint density at radius 2 is 1.96 bits per heavy atom. The third-order valence-corrected chi connectivity index (χ3v) is 5.01. The molecular formula is C18H27N3O4S. The Bertz CT molecular complexity index is 658. The van der Waals surface area contributed by atoms with Gasteiger partial charge in [-0.25, -0.2) is 4.98 Å². The summed E-state index contributed by atoms with van der Waals surface area (Å²) in [5, 5.41) is 5.06. The van der Waals surface area contributed by atoms with Gasteiger partial charge in [0.25, 0.3) is 0 Å². The summed E-state index contributed by atoms with van der Waals surface area (Å²) in [6, 6.07) is 0. The Morgan fingerprint density at radius 3 is 2.54 bits per heavy atom. The van der Waals surface area contributed by atoms with E-state index in [1.807, 2.05) is 25.7 Å². The molecule has 1 aliphatic heterocycles. The fourth-order valence-corrected chi connectivity index (χ4v) is 3.55. The predicted octanol–water partition coefficient (Wildman–Crippen LogP) is 2.47. The van der Waals surface area contributed by atoms with Crippen LogP contribution in [0.5, 0.6) is 0 Å². The van der Waals surface area contributed by atoms with Gasteiger partial charge in [0, 0.05) is 29.8 Å². The largest absolute Gasteiger partial charge is 0.466 e. The van der Waals surface area contributed by atoms with E-state index in [1.165, 1.54) is 11.3 Å². The van der Waals surface area contributed by atoms with Gasteiger partial charge in [-0.05, 0) is 19.8 Å². The second-order valence-electron chi connectivity index (χ2n) is 7.43. The number of carbonyl (C=O) groups is 3. The fourth-order valence-electron chi connectivity index (χ4n) is 2.83. The number of thiazole rings is 1. The number of nitrogens with zero attached hydrogens (tertiary/aromatic N) is 2. The highest BCUT2D eigenvalue weighted by Crippen LogP contribution is 2.25. The van der Waals surface area contributed by atoms with E-state index in [0.29, 0.717) is 43.4 Å². The molecule has 0 unspecified atom stereocenters. The molecule has 1 saturated heterocycles. The minimum Gasteiger partial charge on any atom is -0.466 e. The van der Waals surface area contributed by atoms with Crippen molar-refractivity contribution in [2.75, 3.05) is 25.0 Å². The second-order valence-corrected chi connectivity index (χ2v) is 8.29. The zero-order valence-electron chi connectivity index (χ0n) is 15.8. The lowest BCUT2D eigenvalue weighted by Gasteiger charge is -2.35. The monoisotopic (exact) mass is 381 g/mol. The first-order valence-corrected chi connectivity index (χ1v) is 9.79. The number of anilines is 1. The number of amides is 2. The van der Waals surface area contributed by atoms with Crippen molar-refractivity contribution in [3.8, 4) is 0 Å². The highest BCUT2D eigenvalue weighted by atomic mass is 32.1. The van der Waals surface area contributed by atoms with E-state index in [-0.39, 0.29) is 30.1 Å². The molecule has 1 aromatic heterocycles. The molecule has 2 amide bonds. The van der Waals surface area contributed by atoms with Crippen molar-refractivity contribution in [2.45, 2.75) is 47.0 Å². The summed E-state index contributed by atoms with van der Waals surface area (Å²) in [6.07, 6.45) is 1.40. The first-order valence-electron chi connectivity index (χ1n) is 8.91. The first-order chi connectivity index (χ1) is 12.2. The first kappa shape index (κ1) is 20.4. The van der Waals surface area contributed by atoms with Gasteiger partial charge in [0.2, 0.25) is 11.8 Å². The summed E-state index contributed by atoms with van der Waals surface area (Å²) < 4.78 is 4.89. The number of piperidine rings is 1. The molecule has 0 spiro atoms. The molecule has 0 aromatic carbocycles. The van der Waals surface area contributed by atoms with Crippen LogP contribution in [0.2, 0.25) is 0 Å². The van der Waals surface area contributed by atoms with E-state index in [2.05, 4.69) is 10.3 Å². The van der Waals surface area contributed by atoms with Crippen LogP contribution in [0, 0.1) is 11.3 Å². The molecule has 2 rings (SSSR count). The van der Waals surface area contributed by atoms with Gasteiger partial charge in [-0.1, -0.05) is 20.8 Å². The molecular weight excluding hydrogens is 354 g/mol. The quantitative estimate of drug-likeness (QED) is 0.792. The molecule has 8 heteroatoms. The average molecular weight is 381 g/mol. The number of esters is 1. The Morgan fingerprint density at radius 1 is 1.31 bits per heavy atom. The molecule has 144 valence electrons. The molecule has 1 aliphatic rings. The van der Waals surface area contributed by atoms with Crippen molar-refractivity contribution in [2.24, 2.45) is 11.3 Å². The zero-order valence-corrected chi connectivity index (χ0v) is 16.6. The molecule has 1 fully saturated rings. The van der Waals surface area contributed by atoms with Crippen LogP contribution in [-0.2, 0) is 25.5 Å². The summed E-state index contributed by atoms with van der Waals surface area (Å²) in [6.45, 7) is 9.01. The van der Waals surface area contributed by atoms with Crippen LogP contribution in [0.25, 0.3) is 0 Å².